The van der Waals surface area contributed by atoms with Gasteiger partial charge in [-0.2, -0.15) is 39.5 Å². The van der Waals surface area contributed by atoms with Crippen LogP contribution in [0.4, 0.5) is 33.7 Å². The molecule has 0 spiro atoms. The molecular formula is C82H83BrF3N19O15S7. The Hall–Kier alpha value is -13.8. The first-order chi connectivity index (χ1) is 60.0. The van der Waals surface area contributed by atoms with Gasteiger partial charge < -0.3 is 59.9 Å². The van der Waals surface area contributed by atoms with E-state index in [-0.39, 0.29) is 68.6 Å². The van der Waals surface area contributed by atoms with Gasteiger partial charge in [0, 0.05) is 97.3 Å². The van der Waals surface area contributed by atoms with Gasteiger partial charge in [-0.15, -0.1) is 45.3 Å². The van der Waals surface area contributed by atoms with E-state index in [1.54, 1.807) is 111 Å². The number of aldehydes is 1. The molecule has 34 nitrogen and oxygen atoms in total. The van der Waals surface area contributed by atoms with Crippen molar-refractivity contribution < 1.29 is 85.4 Å². The summed E-state index contributed by atoms with van der Waals surface area (Å²) in [6.45, 7) is 5.30. The molecule has 0 aliphatic heterocycles. The summed E-state index contributed by atoms with van der Waals surface area (Å²) in [5.74, 6) is -3.29. The number of aromatic nitrogens is 4. The number of aliphatic carboxylic acids is 1. The van der Waals surface area contributed by atoms with Gasteiger partial charge in [-0.1, -0.05) is 116 Å². The molecule has 7 aromatic carbocycles. The number of carbonyl (C=O) groups excluding carboxylic acids is 6. The maximum Gasteiger partial charge on any atom is 0.446 e. The smallest absolute Gasteiger partial charge is 0.446 e. The minimum atomic E-state index is -4.64. The summed E-state index contributed by atoms with van der Waals surface area (Å²) in [5.41, 5.74) is 29.8. The number of nitrogen functional groups attached to an aromatic ring is 1. The van der Waals surface area contributed by atoms with Crippen molar-refractivity contribution in [3.05, 3.63) is 236 Å². The predicted octanol–water partition coefficient (Wildman–Crippen LogP) is 12.6. The average molecular weight is 1940 g/mol. The van der Waals surface area contributed by atoms with E-state index in [1.165, 1.54) is 116 Å². The van der Waals surface area contributed by atoms with Gasteiger partial charge in [-0.25, -0.2) is 50.2 Å². The molecule has 127 heavy (non-hydrogen) atoms. The Bertz CT molecular complexity index is 5930. The largest absolute Gasteiger partial charge is 0.481 e. The van der Waals surface area contributed by atoms with Crippen molar-refractivity contribution in [3.8, 4) is 75.4 Å². The van der Waals surface area contributed by atoms with Crippen LogP contribution in [0, 0.1) is 56.7 Å². The SMILES string of the molecule is CCC(=O)Nc1nc(-c2cccc(C#N)c2)cs1.CCC(=O)O.CN(C)S(=O)(=O)c1cccc(C(=O)NCC(=O)Nc2nc(-c3cccc(C#N)c3)cs2)c1.CN(C)S(=O)(=O)c1cccc(C(=O)O)c1.N#Cc1cccc(-c2csc(N)n2)c1.N#Cc1cccc(-c2csc(NC(=O)CN)n2)c1.N#Cc1cccc(C(=O)CBr)c1.NC(N)=S.O.O=CC(F)(F)F.[2H]CC. The first-order valence-corrected chi connectivity index (χ1v) is 43.4. The summed E-state index contributed by atoms with van der Waals surface area (Å²) in [4.78, 5) is 104. The lowest BCUT2D eigenvalue weighted by Gasteiger charge is -2.12. The zero-order chi connectivity index (χ0) is 95.6. The lowest BCUT2D eigenvalue weighted by atomic mass is 10.1. The Morgan fingerprint density at radius 2 is 0.843 bits per heavy atom. The fraction of sp³-hybridized carbons (Fsp3) is 0.171. The third-order valence-corrected chi connectivity index (χ3v) is 21.5. The number of thiazole rings is 4. The van der Waals surface area contributed by atoms with E-state index in [1.807, 2.05) is 58.6 Å². The van der Waals surface area contributed by atoms with Gasteiger partial charge in [0.2, 0.25) is 44.1 Å². The lowest BCUT2D eigenvalue weighted by molar-refractivity contribution is -0.156. The van der Waals surface area contributed by atoms with Gasteiger partial charge in [0.05, 0.1) is 115 Å². The predicted molar refractivity (Wildman–Crippen MR) is 488 cm³/mol. The van der Waals surface area contributed by atoms with Crippen molar-refractivity contribution in [2.75, 3.05) is 68.3 Å². The highest BCUT2D eigenvalue weighted by molar-refractivity contribution is 9.09. The number of anilines is 4. The van der Waals surface area contributed by atoms with Gasteiger partial charge in [-0.3, -0.25) is 33.6 Å². The number of hydrogen-bond donors (Lipinski definition) is 10. The standard InChI is InChI=1S/C21H19N5O4S2.C13H11N3OS.C12H10N4OS.C10H7N3S.C9H6BrNO.C9H11NO4S.C3H6O2.C2HF3O.C2H6.CH4N2S.H2O/c1-26(2)32(29,30)17-8-4-7-16(10-17)20(28)23-12-19(27)25-21-24-18(13-31-21)15-6-3-5-14(9-15)11-22;1-2-12(17)16-13-15-11(8-18-13)10-5-3-4-9(6-10)7-14;13-5-8-2-1-3-9(4-8)10-7-18-12(15-10)16-11(17)6-14;11-5-7-2-1-3-8(4-7)9-6-14-10(12)13-9;10-5-9(12)8-3-1-2-7(4-8)6-11;1-10(2)15(13,14)8-5-3-4-7(6-8)9(11)12;1-2-3(4)5;3-2(4,5)1-6;1-2;2-1(3)4;/h3-10,13H,12H2,1-2H3,(H,23,28)(H,24,25,27);3-6,8H,2H2,1H3,(H,15,16,17);1-4,7H,6,14H2,(H,15,16,17);1-4,6H,(H2,12,13);1-4H,5H2;3-6H,1-2H3,(H,11,12);2H2,1H3,(H,4,5);1H;1-2H3;(H4,2,3,4);1H2/i;;;;;;;;1D;;. The van der Waals surface area contributed by atoms with Crippen LogP contribution in [0.3, 0.4) is 0 Å². The number of thiocarbonyl (C=S) groups is 1. The molecule has 16 N–H and O–H groups in total. The number of aromatic carboxylic acids is 1. The van der Waals surface area contributed by atoms with Crippen LogP contribution in [0.1, 0.15) is 101 Å². The van der Waals surface area contributed by atoms with Crippen LogP contribution in [-0.2, 0) is 44.0 Å². The van der Waals surface area contributed by atoms with Crippen molar-refractivity contribution in [3.63, 3.8) is 0 Å². The van der Waals surface area contributed by atoms with Crippen molar-refractivity contribution in [1.82, 2.24) is 33.9 Å². The quantitative estimate of drug-likeness (QED) is 0.0147. The number of Topliss-reactive ketones (excluding diaryl/α,β-unsaturated/α-hetero) is 1. The van der Waals surface area contributed by atoms with Crippen LogP contribution in [0.25, 0.3) is 45.0 Å². The normalized spacial score (nSPS) is 10.0. The number of carboxylic acids is 2. The van der Waals surface area contributed by atoms with Crippen LogP contribution in [0.15, 0.2) is 201 Å². The fourth-order valence-corrected chi connectivity index (χ4v) is 13.5. The van der Waals surface area contributed by atoms with Gasteiger partial charge in [-0.05, 0) is 109 Å². The van der Waals surface area contributed by atoms with Crippen LogP contribution in [0.2, 0.25) is 0 Å². The van der Waals surface area contributed by atoms with Gasteiger partial charge in [0.25, 0.3) is 5.91 Å². The van der Waals surface area contributed by atoms with E-state index >= 15 is 0 Å². The number of hydrogen-bond acceptors (Lipinski definition) is 28. The third kappa shape index (κ3) is 41.0. The molecule has 0 radical (unpaired) electrons. The minimum absolute atomic E-state index is 0. The van der Waals surface area contributed by atoms with Crippen LogP contribution in [-0.4, -0.2) is 167 Å². The summed E-state index contributed by atoms with van der Waals surface area (Å²) in [6.07, 6.45) is -5.05. The summed E-state index contributed by atoms with van der Waals surface area (Å²) in [5, 5.41) is 80.3. The molecule has 11 rings (SSSR count). The maximum absolute atomic E-state index is 12.4. The Kier molecular flexibility index (Phi) is 49.5. The second-order valence-corrected chi connectivity index (χ2v) is 32.6. The first-order valence-electron chi connectivity index (χ1n) is 36.2. The number of nitrogens with two attached hydrogens (primary N) is 4. The maximum atomic E-state index is 12.4. The average Bonchev–Trinajstić information content (AvgIpc) is 1.32. The molecule has 0 saturated carbocycles. The number of nitriles is 5. The van der Waals surface area contributed by atoms with Gasteiger partial charge >= 0.3 is 18.1 Å². The van der Waals surface area contributed by atoms with E-state index in [9.17, 15) is 63.6 Å². The molecule has 0 aliphatic carbocycles. The molecule has 0 aliphatic rings. The number of alkyl halides is 4. The second kappa shape index (κ2) is 57.6. The summed E-state index contributed by atoms with van der Waals surface area (Å²) in [7, 11) is -1.66. The molecule has 0 atom stereocenters. The Labute approximate surface area is 760 Å². The topological polar surface area (TPSA) is 606 Å². The van der Waals surface area contributed by atoms with E-state index in [2.05, 4.69) is 105 Å². The number of carbonyl (C=O) groups is 8. The molecule has 0 unspecified atom stereocenters. The number of sulfonamides is 2. The number of amides is 4. The van der Waals surface area contributed by atoms with Crippen LogP contribution in [0.5, 0.6) is 0 Å². The zero-order valence-corrected chi connectivity index (χ0v) is 75.5. The van der Waals surface area contributed by atoms with Crippen LogP contribution >= 0.6 is 73.5 Å². The van der Waals surface area contributed by atoms with Gasteiger partial charge in [0.1, 0.15) is 0 Å². The van der Waals surface area contributed by atoms with E-state index < -0.39 is 56.3 Å². The minimum Gasteiger partial charge on any atom is -0.481 e. The molecule has 0 bridgehead atoms. The van der Waals surface area contributed by atoms with Crippen molar-refractivity contribution in [1.29, 1.82) is 26.3 Å². The van der Waals surface area contributed by atoms with Crippen molar-refractivity contribution in [2.24, 2.45) is 17.2 Å². The van der Waals surface area contributed by atoms with E-state index in [4.69, 9.17) is 54.2 Å². The second-order valence-electron chi connectivity index (χ2n) is 23.8. The molecule has 666 valence electrons. The Morgan fingerprint density at radius 3 is 1.15 bits per heavy atom. The molecule has 4 amide bonds. The Balaban J connectivity index is 0.000000756. The number of rotatable bonds is 20. The number of benzene rings is 7. The van der Waals surface area contributed by atoms with Crippen LogP contribution < -0.4 is 44.2 Å². The summed E-state index contributed by atoms with van der Waals surface area (Å²) >= 11 is 12.5. The third-order valence-electron chi connectivity index (χ3n) is 14.4. The first kappa shape index (κ1) is 109. The molecule has 45 heteroatoms. The zero-order valence-electron chi connectivity index (χ0n) is 69.2. The Morgan fingerprint density at radius 1 is 0.535 bits per heavy atom. The monoisotopic (exact) mass is 1930 g/mol. The highest BCUT2D eigenvalue weighted by Crippen LogP contribution is 2.30. The van der Waals surface area contributed by atoms with E-state index in [0.29, 0.717) is 78.3 Å². The van der Waals surface area contributed by atoms with Crippen molar-refractivity contribution in [2.45, 2.75) is 56.5 Å². The number of ketones is 1. The fourth-order valence-electron chi connectivity index (χ4n) is 8.46. The number of nitrogens with one attached hydrogen (secondary N) is 4. The highest BCUT2D eigenvalue weighted by atomic mass is 79.9. The molecule has 0 saturated heterocycles. The molecular weight excluding hydrogens is 1850 g/mol. The molecule has 4 aromatic heterocycles. The number of nitrogens with zero attached hydrogens (tertiary/aromatic N) is 11. The van der Waals surface area contributed by atoms with E-state index in [0.717, 1.165) is 54.0 Å². The highest BCUT2D eigenvalue weighted by Gasteiger charge is 2.25. The number of carboxylic acid groups (broad SMARTS) is 2. The van der Waals surface area contributed by atoms with Gasteiger partial charge in [0.15, 0.2) is 31.4 Å². The van der Waals surface area contributed by atoms with Crippen molar-refractivity contribution >= 4 is 167 Å². The summed E-state index contributed by atoms with van der Waals surface area (Å²) < 4.78 is 87.3. The summed E-state index contributed by atoms with van der Waals surface area (Å²) in [6, 6.07) is 56.4. The molecule has 4 heterocycles. The lowest BCUT2D eigenvalue weighted by Crippen LogP contribution is -2.33. The molecule has 11 aromatic rings. The number of halogens is 4. The molecule has 0 fully saturated rings.